The van der Waals surface area contributed by atoms with Gasteiger partial charge in [-0.1, -0.05) is 40.0 Å². The fraction of sp³-hybridized carbons (Fsp3) is 0.812. The van der Waals surface area contributed by atoms with Gasteiger partial charge in [0.25, 0.3) is 0 Å². The van der Waals surface area contributed by atoms with Crippen molar-refractivity contribution in [2.75, 3.05) is 0 Å². The van der Waals surface area contributed by atoms with Crippen LogP contribution in [0.25, 0.3) is 0 Å². The molecule has 116 valence electrons. The summed E-state index contributed by atoms with van der Waals surface area (Å²) in [6.45, 7) is 10.7. The number of aromatic nitrogens is 2. The predicted molar refractivity (Wildman–Crippen MR) is 90.0 cm³/mol. The number of nitrogens with zero attached hydrogens (tertiary/aromatic N) is 2. The van der Waals surface area contributed by atoms with Crippen LogP contribution in [0.4, 0.5) is 0 Å². The van der Waals surface area contributed by atoms with E-state index in [1.165, 1.54) is 48.0 Å². The molecule has 0 aliphatic carbocycles. The van der Waals surface area contributed by atoms with E-state index >= 15 is 0 Å². The lowest BCUT2D eigenvalue weighted by atomic mass is 10.1. The van der Waals surface area contributed by atoms with Crippen molar-refractivity contribution in [3.8, 4) is 0 Å². The molecule has 0 amide bonds. The van der Waals surface area contributed by atoms with E-state index in [1.54, 1.807) is 0 Å². The lowest BCUT2D eigenvalue weighted by Crippen LogP contribution is -2.29. The Morgan fingerprint density at radius 2 is 1.90 bits per heavy atom. The third-order valence-corrected chi connectivity index (χ3v) is 4.71. The molecule has 0 aliphatic rings. The smallest absolute Gasteiger partial charge is 0.0767 e. The first-order valence-corrected chi connectivity index (χ1v) is 8.94. The van der Waals surface area contributed by atoms with E-state index in [2.05, 4.69) is 58.7 Å². The van der Waals surface area contributed by atoms with Crippen LogP contribution in [-0.4, -0.2) is 15.8 Å². The Morgan fingerprint density at radius 3 is 2.45 bits per heavy atom. The Morgan fingerprint density at radius 1 is 1.15 bits per heavy atom. The highest BCUT2D eigenvalue weighted by molar-refractivity contribution is 9.10. The van der Waals surface area contributed by atoms with Gasteiger partial charge in [0, 0.05) is 19.1 Å². The quantitative estimate of drug-likeness (QED) is 0.668. The van der Waals surface area contributed by atoms with E-state index in [1.807, 2.05) is 0 Å². The molecule has 0 saturated carbocycles. The molecule has 0 aromatic carbocycles. The molecule has 1 aromatic heterocycles. The minimum absolute atomic E-state index is 0.636. The molecule has 0 radical (unpaired) electrons. The molecule has 4 heteroatoms. The summed E-state index contributed by atoms with van der Waals surface area (Å²) in [7, 11) is 0. The summed E-state index contributed by atoms with van der Waals surface area (Å²) < 4.78 is 3.32. The maximum Gasteiger partial charge on any atom is 0.0767 e. The number of aryl methyl sites for hydroxylation is 2. The zero-order chi connectivity index (χ0) is 15.0. The zero-order valence-electron chi connectivity index (χ0n) is 13.5. The summed E-state index contributed by atoms with van der Waals surface area (Å²) in [5, 5.41) is 8.40. The van der Waals surface area contributed by atoms with Crippen LogP contribution >= 0.6 is 15.9 Å². The van der Waals surface area contributed by atoms with Crippen LogP contribution < -0.4 is 5.32 Å². The average Bonchev–Trinajstić information content (AvgIpc) is 2.77. The summed E-state index contributed by atoms with van der Waals surface area (Å²) in [4.78, 5) is 0. The Hall–Kier alpha value is -0.350. The Kier molecular flexibility index (Phi) is 8.46. The predicted octanol–water partition coefficient (Wildman–Crippen LogP) is 4.68. The van der Waals surface area contributed by atoms with Crippen molar-refractivity contribution < 1.29 is 0 Å². The van der Waals surface area contributed by atoms with Gasteiger partial charge < -0.3 is 5.32 Å². The Balaban J connectivity index is 2.68. The largest absolute Gasteiger partial charge is 0.308 e. The number of hydrogen-bond acceptors (Lipinski definition) is 2. The summed E-state index contributed by atoms with van der Waals surface area (Å²) >= 11 is 3.72. The van der Waals surface area contributed by atoms with Crippen molar-refractivity contribution >= 4 is 15.9 Å². The molecule has 1 unspecified atom stereocenters. The summed E-state index contributed by atoms with van der Waals surface area (Å²) in [5.41, 5.74) is 2.46. The molecule has 3 nitrogen and oxygen atoms in total. The molecule has 0 spiro atoms. The summed E-state index contributed by atoms with van der Waals surface area (Å²) in [6.07, 6.45) is 7.36. The number of unbranched alkanes of at least 4 members (excludes halogenated alkanes) is 1. The van der Waals surface area contributed by atoms with E-state index in [0.717, 1.165) is 19.5 Å². The maximum atomic E-state index is 4.66. The van der Waals surface area contributed by atoms with E-state index in [-0.39, 0.29) is 0 Å². The van der Waals surface area contributed by atoms with Gasteiger partial charge in [0.2, 0.25) is 0 Å². The minimum Gasteiger partial charge on any atom is -0.308 e. The van der Waals surface area contributed by atoms with Crippen molar-refractivity contribution in [2.45, 2.75) is 85.4 Å². The van der Waals surface area contributed by atoms with Crippen LogP contribution in [0.1, 0.15) is 71.2 Å². The van der Waals surface area contributed by atoms with Gasteiger partial charge in [-0.15, -0.1) is 0 Å². The molecule has 0 aliphatic heterocycles. The van der Waals surface area contributed by atoms with Crippen LogP contribution in [0.5, 0.6) is 0 Å². The molecular formula is C16H30BrN3. The second kappa shape index (κ2) is 9.56. The maximum absolute atomic E-state index is 4.66. The van der Waals surface area contributed by atoms with Crippen LogP contribution in [0.15, 0.2) is 4.47 Å². The van der Waals surface area contributed by atoms with E-state index in [9.17, 15) is 0 Å². The first-order chi connectivity index (χ1) is 9.67. The molecule has 1 N–H and O–H groups in total. The third kappa shape index (κ3) is 4.88. The van der Waals surface area contributed by atoms with Gasteiger partial charge in [-0.3, -0.25) is 4.68 Å². The van der Waals surface area contributed by atoms with E-state index in [4.69, 9.17) is 0 Å². The fourth-order valence-corrected chi connectivity index (χ4v) is 3.28. The molecule has 0 bridgehead atoms. The van der Waals surface area contributed by atoms with Gasteiger partial charge in [-0.05, 0) is 42.1 Å². The Labute approximate surface area is 132 Å². The van der Waals surface area contributed by atoms with Crippen LogP contribution in [-0.2, 0) is 19.5 Å². The van der Waals surface area contributed by atoms with Crippen molar-refractivity contribution in [2.24, 2.45) is 0 Å². The molecule has 1 aromatic rings. The molecule has 1 heterocycles. The SMILES string of the molecule is CCCCC(CCC)NCc1c(Br)c(CC)nn1CC. The lowest BCUT2D eigenvalue weighted by molar-refractivity contribution is 0.424. The van der Waals surface area contributed by atoms with Crippen LogP contribution in [0, 0.1) is 0 Å². The lowest BCUT2D eigenvalue weighted by Gasteiger charge is -2.18. The zero-order valence-corrected chi connectivity index (χ0v) is 15.1. The van der Waals surface area contributed by atoms with Crippen molar-refractivity contribution in [1.82, 2.24) is 15.1 Å². The molecular weight excluding hydrogens is 314 g/mol. The van der Waals surface area contributed by atoms with Crippen LogP contribution in [0.2, 0.25) is 0 Å². The third-order valence-electron chi connectivity index (χ3n) is 3.80. The van der Waals surface area contributed by atoms with Gasteiger partial charge in [0.05, 0.1) is 15.9 Å². The van der Waals surface area contributed by atoms with E-state index in [0.29, 0.717) is 6.04 Å². The Bertz CT molecular complexity index is 387. The van der Waals surface area contributed by atoms with Crippen LogP contribution in [0.3, 0.4) is 0 Å². The van der Waals surface area contributed by atoms with E-state index < -0.39 is 0 Å². The van der Waals surface area contributed by atoms with Gasteiger partial charge in [-0.2, -0.15) is 5.10 Å². The number of halogens is 1. The highest BCUT2D eigenvalue weighted by Gasteiger charge is 2.15. The highest BCUT2D eigenvalue weighted by atomic mass is 79.9. The molecule has 1 rings (SSSR count). The van der Waals surface area contributed by atoms with Gasteiger partial charge >= 0.3 is 0 Å². The normalized spacial score (nSPS) is 12.8. The number of hydrogen-bond donors (Lipinski definition) is 1. The molecule has 1 atom stereocenters. The highest BCUT2D eigenvalue weighted by Crippen LogP contribution is 2.22. The number of rotatable bonds is 10. The van der Waals surface area contributed by atoms with Gasteiger partial charge in [-0.25, -0.2) is 0 Å². The first kappa shape index (κ1) is 17.7. The standard InChI is InChI=1S/C16H30BrN3/c1-5-9-11-13(10-6-2)18-12-15-16(17)14(7-3)19-20(15)8-4/h13,18H,5-12H2,1-4H3. The average molecular weight is 344 g/mol. The van der Waals surface area contributed by atoms with Crippen molar-refractivity contribution in [1.29, 1.82) is 0 Å². The second-order valence-electron chi connectivity index (χ2n) is 5.39. The van der Waals surface area contributed by atoms with Gasteiger partial charge in [0.1, 0.15) is 0 Å². The van der Waals surface area contributed by atoms with Crippen molar-refractivity contribution in [3.05, 3.63) is 15.9 Å². The topological polar surface area (TPSA) is 29.9 Å². The number of nitrogens with one attached hydrogen (secondary N) is 1. The summed E-state index contributed by atoms with van der Waals surface area (Å²) in [6, 6.07) is 0.636. The molecule has 20 heavy (non-hydrogen) atoms. The molecule has 0 fully saturated rings. The van der Waals surface area contributed by atoms with Gasteiger partial charge in [0.15, 0.2) is 0 Å². The fourth-order valence-electron chi connectivity index (χ4n) is 2.57. The van der Waals surface area contributed by atoms with Crippen molar-refractivity contribution in [3.63, 3.8) is 0 Å². The first-order valence-electron chi connectivity index (χ1n) is 8.15. The monoisotopic (exact) mass is 343 g/mol. The second-order valence-corrected chi connectivity index (χ2v) is 6.18. The minimum atomic E-state index is 0.636. The molecule has 0 saturated heterocycles. The summed E-state index contributed by atoms with van der Waals surface area (Å²) in [5.74, 6) is 0.